The fraction of sp³-hybridized carbons (Fsp3) is 0.100. The summed E-state index contributed by atoms with van der Waals surface area (Å²) in [6, 6.07) is 16.9. The fourth-order valence-corrected chi connectivity index (χ4v) is 2.37. The van der Waals surface area contributed by atoms with Crippen LogP contribution in [0.3, 0.4) is 0 Å². The Labute approximate surface area is 144 Å². The Kier molecular flexibility index (Phi) is 4.95. The monoisotopic (exact) mass is 335 g/mol. The number of para-hydroxylation sites is 1. The molecule has 0 aliphatic rings. The molecule has 2 aromatic carbocycles. The Balaban J connectivity index is 1.67. The van der Waals surface area contributed by atoms with Crippen LogP contribution >= 0.6 is 0 Å². The molecule has 3 rings (SSSR count). The minimum Gasteiger partial charge on any atom is -0.469 e. The number of hydrogen-bond donors (Lipinski definition) is 1. The van der Waals surface area contributed by atoms with Gasteiger partial charge in [-0.2, -0.15) is 0 Å². The van der Waals surface area contributed by atoms with Gasteiger partial charge in [-0.3, -0.25) is 9.59 Å². The number of esters is 1. The van der Waals surface area contributed by atoms with Crippen LogP contribution in [0.1, 0.15) is 16.8 Å². The predicted molar refractivity (Wildman–Crippen MR) is 94.9 cm³/mol. The van der Waals surface area contributed by atoms with Crippen LogP contribution in [0, 0.1) is 0 Å². The average Bonchev–Trinajstić information content (AvgIpc) is 3.09. The van der Waals surface area contributed by atoms with Crippen LogP contribution in [-0.4, -0.2) is 19.0 Å². The van der Waals surface area contributed by atoms with Crippen molar-refractivity contribution in [3.63, 3.8) is 0 Å². The Hall–Kier alpha value is -3.34. The highest BCUT2D eigenvalue weighted by atomic mass is 16.5. The van der Waals surface area contributed by atoms with E-state index < -0.39 is 0 Å². The van der Waals surface area contributed by atoms with Gasteiger partial charge in [0.1, 0.15) is 11.3 Å². The van der Waals surface area contributed by atoms with Gasteiger partial charge in [0.05, 0.1) is 13.5 Å². The van der Waals surface area contributed by atoms with Crippen molar-refractivity contribution in [2.75, 3.05) is 7.11 Å². The summed E-state index contributed by atoms with van der Waals surface area (Å²) >= 11 is 0. The van der Waals surface area contributed by atoms with Gasteiger partial charge in [0, 0.05) is 22.7 Å². The number of furan rings is 1. The smallest absolute Gasteiger partial charge is 0.309 e. The van der Waals surface area contributed by atoms with Gasteiger partial charge in [-0.1, -0.05) is 36.4 Å². The molecule has 25 heavy (non-hydrogen) atoms. The topological polar surface area (TPSA) is 68.5 Å². The Morgan fingerprint density at radius 1 is 1.12 bits per heavy atom. The molecule has 0 aliphatic carbocycles. The van der Waals surface area contributed by atoms with Gasteiger partial charge in [0.15, 0.2) is 0 Å². The zero-order valence-electron chi connectivity index (χ0n) is 13.7. The first-order valence-corrected chi connectivity index (χ1v) is 7.79. The third-order valence-corrected chi connectivity index (χ3v) is 3.70. The fourth-order valence-electron chi connectivity index (χ4n) is 2.37. The van der Waals surface area contributed by atoms with Gasteiger partial charge in [0.2, 0.25) is 0 Å². The van der Waals surface area contributed by atoms with E-state index >= 15 is 0 Å². The van der Waals surface area contributed by atoms with E-state index in [0.717, 1.165) is 22.3 Å². The van der Waals surface area contributed by atoms with Gasteiger partial charge in [0.25, 0.3) is 5.91 Å². The number of nitrogens with one attached hydrogen (secondary N) is 1. The molecule has 0 spiro atoms. The predicted octanol–water partition coefficient (Wildman–Crippen LogP) is 3.91. The van der Waals surface area contributed by atoms with Gasteiger partial charge in [-0.05, 0) is 24.3 Å². The molecule has 0 atom stereocenters. The Bertz CT molecular complexity index is 889. The van der Waals surface area contributed by atoms with Crippen molar-refractivity contribution in [3.05, 3.63) is 72.4 Å². The van der Waals surface area contributed by atoms with Crippen molar-refractivity contribution < 1.29 is 18.7 Å². The lowest BCUT2D eigenvalue weighted by Crippen LogP contribution is -2.17. The quantitative estimate of drug-likeness (QED) is 0.718. The third-order valence-electron chi connectivity index (χ3n) is 3.70. The number of methoxy groups -OCH3 is 1. The van der Waals surface area contributed by atoms with Gasteiger partial charge < -0.3 is 14.5 Å². The number of fused-ring (bicyclic) bond motifs is 1. The summed E-state index contributed by atoms with van der Waals surface area (Å²) < 4.78 is 10.3. The lowest BCUT2D eigenvalue weighted by molar-refractivity contribution is -0.139. The van der Waals surface area contributed by atoms with Crippen molar-refractivity contribution in [1.82, 2.24) is 5.32 Å². The normalized spacial score (nSPS) is 10.9. The molecule has 0 radical (unpaired) electrons. The number of carbonyl (C=O) groups is 2. The van der Waals surface area contributed by atoms with Crippen LogP contribution in [0.25, 0.3) is 22.3 Å². The minimum atomic E-state index is -0.360. The lowest BCUT2D eigenvalue weighted by atomic mass is 10.1. The molecular weight excluding hydrogens is 318 g/mol. The van der Waals surface area contributed by atoms with E-state index in [4.69, 9.17) is 4.42 Å². The van der Waals surface area contributed by atoms with E-state index in [2.05, 4.69) is 10.1 Å². The maximum absolute atomic E-state index is 12.0. The minimum absolute atomic E-state index is 0.113. The van der Waals surface area contributed by atoms with Crippen LogP contribution in [-0.2, 0) is 9.53 Å². The summed E-state index contributed by atoms with van der Waals surface area (Å²) in [7, 11) is 1.32. The zero-order chi connectivity index (χ0) is 17.6. The summed E-state index contributed by atoms with van der Waals surface area (Å²) in [5, 5.41) is 3.65. The molecule has 0 fully saturated rings. The van der Waals surface area contributed by atoms with Crippen molar-refractivity contribution in [3.8, 4) is 11.3 Å². The zero-order valence-corrected chi connectivity index (χ0v) is 13.7. The van der Waals surface area contributed by atoms with E-state index in [1.165, 1.54) is 19.4 Å². The van der Waals surface area contributed by atoms with Crippen LogP contribution in [0.15, 0.2) is 71.3 Å². The number of rotatable bonds is 5. The van der Waals surface area contributed by atoms with Gasteiger partial charge in [-0.25, -0.2) is 0 Å². The van der Waals surface area contributed by atoms with Crippen LogP contribution < -0.4 is 5.32 Å². The molecule has 0 bridgehead atoms. The first-order valence-electron chi connectivity index (χ1n) is 7.79. The summed E-state index contributed by atoms with van der Waals surface area (Å²) in [6.07, 6.45) is 3.08. The van der Waals surface area contributed by atoms with E-state index in [1.807, 2.05) is 42.5 Å². The third kappa shape index (κ3) is 3.95. The molecule has 0 aliphatic heterocycles. The second-order valence-corrected chi connectivity index (χ2v) is 5.38. The number of hydrogen-bond acceptors (Lipinski definition) is 4. The maximum Gasteiger partial charge on any atom is 0.309 e. The number of carbonyl (C=O) groups excluding carboxylic acids is 2. The molecule has 0 unspecified atom stereocenters. The lowest BCUT2D eigenvalue weighted by Gasteiger charge is -2.02. The molecule has 1 aromatic heterocycles. The van der Waals surface area contributed by atoms with Crippen LogP contribution in [0.2, 0.25) is 0 Å². The second kappa shape index (κ2) is 7.49. The summed E-state index contributed by atoms with van der Waals surface area (Å²) in [4.78, 5) is 23.0. The molecule has 5 heteroatoms. The van der Waals surface area contributed by atoms with Crippen molar-refractivity contribution in [2.24, 2.45) is 0 Å². The van der Waals surface area contributed by atoms with E-state index in [0.29, 0.717) is 5.56 Å². The second-order valence-electron chi connectivity index (χ2n) is 5.38. The summed E-state index contributed by atoms with van der Waals surface area (Å²) in [5.74, 6) is 0.143. The average molecular weight is 335 g/mol. The molecule has 0 saturated carbocycles. The molecule has 0 saturated heterocycles. The first-order chi connectivity index (χ1) is 12.2. The molecule has 1 heterocycles. The van der Waals surface area contributed by atoms with Crippen molar-refractivity contribution in [1.29, 1.82) is 0 Å². The Morgan fingerprint density at radius 2 is 1.88 bits per heavy atom. The van der Waals surface area contributed by atoms with Crippen LogP contribution in [0.4, 0.5) is 0 Å². The molecule has 1 N–H and O–H groups in total. The number of amides is 1. The highest BCUT2D eigenvalue weighted by Crippen LogP contribution is 2.27. The molecule has 126 valence electrons. The van der Waals surface area contributed by atoms with Gasteiger partial charge >= 0.3 is 5.97 Å². The van der Waals surface area contributed by atoms with E-state index in [9.17, 15) is 9.59 Å². The first kappa shape index (κ1) is 16.5. The summed E-state index contributed by atoms with van der Waals surface area (Å²) in [6.45, 7) is 0. The van der Waals surface area contributed by atoms with Crippen molar-refractivity contribution in [2.45, 2.75) is 6.42 Å². The maximum atomic E-state index is 12.0. The largest absolute Gasteiger partial charge is 0.469 e. The molecule has 1 amide bonds. The molecular formula is C20H17NO4. The number of benzene rings is 2. The molecule has 5 nitrogen and oxygen atoms in total. The standard InChI is InChI=1S/C20H17NO4/c1-24-19(22)7-4-12-21-20(23)15-10-8-14(9-11-15)18-13-16-5-2-3-6-17(16)25-18/h2-6,8-13H,7H2,1H3,(H,21,23). The summed E-state index contributed by atoms with van der Waals surface area (Å²) in [5.41, 5.74) is 2.24. The van der Waals surface area contributed by atoms with E-state index in [1.54, 1.807) is 12.1 Å². The van der Waals surface area contributed by atoms with Crippen molar-refractivity contribution >= 4 is 22.8 Å². The SMILES string of the molecule is COC(=O)CC=CNC(=O)c1ccc(-c2cc3ccccc3o2)cc1. The Morgan fingerprint density at radius 3 is 2.60 bits per heavy atom. The highest BCUT2D eigenvalue weighted by molar-refractivity contribution is 5.95. The van der Waals surface area contributed by atoms with E-state index in [-0.39, 0.29) is 18.3 Å². The van der Waals surface area contributed by atoms with Crippen LogP contribution in [0.5, 0.6) is 0 Å². The van der Waals surface area contributed by atoms with Gasteiger partial charge in [-0.15, -0.1) is 0 Å². The highest BCUT2D eigenvalue weighted by Gasteiger charge is 2.08. The number of ether oxygens (including phenoxy) is 1. The molecule has 3 aromatic rings.